The fourth-order valence-corrected chi connectivity index (χ4v) is 2.63. The molecule has 0 radical (unpaired) electrons. The number of nitrogens with zero attached hydrogens (tertiary/aromatic N) is 2. The molecule has 1 aliphatic heterocycles. The Morgan fingerprint density at radius 3 is 2.67 bits per heavy atom. The molecule has 0 saturated carbocycles. The first kappa shape index (κ1) is 14.8. The lowest BCUT2D eigenvalue weighted by molar-refractivity contribution is 0.0400. The summed E-state index contributed by atoms with van der Waals surface area (Å²) in [5.74, 6) is 1.06. The van der Waals surface area contributed by atoms with Gasteiger partial charge in [0.1, 0.15) is 5.54 Å². The van der Waals surface area contributed by atoms with E-state index in [2.05, 4.69) is 10.1 Å². The van der Waals surface area contributed by atoms with Gasteiger partial charge in [0.15, 0.2) is 5.82 Å². The maximum Gasteiger partial charge on any atom is 0.246 e. The zero-order valence-corrected chi connectivity index (χ0v) is 12.8. The van der Waals surface area contributed by atoms with Crippen LogP contribution in [-0.2, 0) is 16.7 Å². The molecule has 0 unspecified atom stereocenters. The van der Waals surface area contributed by atoms with Crippen molar-refractivity contribution in [2.75, 3.05) is 13.2 Å². The molecule has 0 spiro atoms. The molecule has 1 aliphatic rings. The van der Waals surface area contributed by atoms with Crippen molar-refractivity contribution in [3.05, 3.63) is 45.5 Å². The Morgan fingerprint density at radius 2 is 1.95 bits per heavy atom. The summed E-state index contributed by atoms with van der Waals surface area (Å²) in [7, 11) is 0. The van der Waals surface area contributed by atoms with E-state index in [1.54, 1.807) is 12.1 Å². The number of aromatic nitrogens is 2. The molecule has 1 fully saturated rings. The van der Waals surface area contributed by atoms with Crippen LogP contribution in [0.15, 0.2) is 22.7 Å². The molecule has 0 bridgehead atoms. The fraction of sp³-hybridized carbons (Fsp3) is 0.429. The van der Waals surface area contributed by atoms with Crippen molar-refractivity contribution < 1.29 is 9.26 Å². The summed E-state index contributed by atoms with van der Waals surface area (Å²) in [4.78, 5) is 4.42. The molecule has 1 saturated heterocycles. The first-order valence-corrected chi connectivity index (χ1v) is 7.46. The van der Waals surface area contributed by atoms with Gasteiger partial charge in [0, 0.05) is 19.6 Å². The van der Waals surface area contributed by atoms with Gasteiger partial charge in [-0.05, 0) is 30.5 Å². The van der Waals surface area contributed by atoms with Crippen LogP contribution < -0.4 is 5.73 Å². The van der Waals surface area contributed by atoms with E-state index in [0.717, 1.165) is 5.56 Å². The molecule has 2 heterocycles. The summed E-state index contributed by atoms with van der Waals surface area (Å²) in [5.41, 5.74) is 6.70. The SMILES string of the molecule is NC1(c2nc(Cc3ccc(Cl)c(Cl)c3)no2)CCOCC1. The molecule has 0 aliphatic carbocycles. The fourth-order valence-electron chi connectivity index (χ4n) is 2.31. The van der Waals surface area contributed by atoms with Crippen molar-refractivity contribution in [1.29, 1.82) is 0 Å². The third-order valence-electron chi connectivity index (χ3n) is 3.63. The normalized spacial score (nSPS) is 17.9. The van der Waals surface area contributed by atoms with Crippen molar-refractivity contribution in [2.45, 2.75) is 24.8 Å². The predicted molar refractivity (Wildman–Crippen MR) is 79.5 cm³/mol. The Balaban J connectivity index is 1.77. The highest BCUT2D eigenvalue weighted by atomic mass is 35.5. The average molecular weight is 328 g/mol. The summed E-state index contributed by atoms with van der Waals surface area (Å²) in [6, 6.07) is 5.44. The van der Waals surface area contributed by atoms with E-state index in [-0.39, 0.29) is 0 Å². The maximum absolute atomic E-state index is 6.32. The molecule has 2 N–H and O–H groups in total. The highest BCUT2D eigenvalue weighted by Gasteiger charge is 2.35. The quantitative estimate of drug-likeness (QED) is 0.938. The molecular weight excluding hydrogens is 313 g/mol. The van der Waals surface area contributed by atoms with Gasteiger partial charge in [0.25, 0.3) is 0 Å². The van der Waals surface area contributed by atoms with Crippen LogP contribution in [0.4, 0.5) is 0 Å². The Kier molecular flexibility index (Phi) is 4.17. The summed E-state index contributed by atoms with van der Waals surface area (Å²) in [5, 5.41) is 5.04. The topological polar surface area (TPSA) is 74.2 Å². The monoisotopic (exact) mass is 327 g/mol. The molecule has 21 heavy (non-hydrogen) atoms. The average Bonchev–Trinajstić information content (AvgIpc) is 2.93. The van der Waals surface area contributed by atoms with Crippen LogP contribution >= 0.6 is 23.2 Å². The van der Waals surface area contributed by atoms with Crippen molar-refractivity contribution >= 4 is 23.2 Å². The van der Waals surface area contributed by atoms with Crippen LogP contribution in [-0.4, -0.2) is 23.4 Å². The largest absolute Gasteiger partial charge is 0.381 e. The van der Waals surface area contributed by atoms with Crippen LogP contribution in [0.2, 0.25) is 10.0 Å². The molecule has 5 nitrogen and oxygen atoms in total. The van der Waals surface area contributed by atoms with Crippen molar-refractivity contribution in [2.24, 2.45) is 5.73 Å². The zero-order chi connectivity index (χ0) is 14.9. The first-order chi connectivity index (χ1) is 10.1. The van der Waals surface area contributed by atoms with Crippen LogP contribution in [0.5, 0.6) is 0 Å². The number of nitrogens with two attached hydrogens (primary N) is 1. The van der Waals surface area contributed by atoms with Crippen LogP contribution in [0.25, 0.3) is 0 Å². The van der Waals surface area contributed by atoms with Gasteiger partial charge in [-0.25, -0.2) is 0 Å². The van der Waals surface area contributed by atoms with E-state index >= 15 is 0 Å². The van der Waals surface area contributed by atoms with E-state index in [9.17, 15) is 0 Å². The second kappa shape index (κ2) is 5.93. The van der Waals surface area contributed by atoms with E-state index in [4.69, 9.17) is 38.2 Å². The van der Waals surface area contributed by atoms with E-state index in [1.165, 1.54) is 0 Å². The smallest absolute Gasteiger partial charge is 0.246 e. The molecular formula is C14H15Cl2N3O2. The molecule has 7 heteroatoms. The van der Waals surface area contributed by atoms with Gasteiger partial charge >= 0.3 is 0 Å². The minimum absolute atomic E-state index is 0.473. The highest BCUT2D eigenvalue weighted by Crippen LogP contribution is 2.28. The Hall–Kier alpha value is -1.14. The van der Waals surface area contributed by atoms with E-state index in [0.29, 0.717) is 54.2 Å². The minimum Gasteiger partial charge on any atom is -0.381 e. The van der Waals surface area contributed by atoms with Gasteiger partial charge < -0.3 is 15.0 Å². The van der Waals surface area contributed by atoms with Gasteiger partial charge in [-0.15, -0.1) is 0 Å². The standard InChI is InChI=1S/C14H15Cl2N3O2/c15-10-2-1-9(7-11(10)16)8-12-18-13(21-19-12)14(17)3-5-20-6-4-14/h1-2,7H,3-6,8,17H2. The number of hydrogen-bond donors (Lipinski definition) is 1. The van der Waals surface area contributed by atoms with Gasteiger partial charge in [-0.1, -0.05) is 34.4 Å². The third kappa shape index (κ3) is 3.21. The first-order valence-electron chi connectivity index (χ1n) is 6.70. The molecule has 0 atom stereocenters. The summed E-state index contributed by atoms with van der Waals surface area (Å²) in [6.45, 7) is 1.22. The highest BCUT2D eigenvalue weighted by molar-refractivity contribution is 6.42. The molecule has 1 aromatic heterocycles. The molecule has 112 valence electrons. The molecule has 0 amide bonds. The summed E-state index contributed by atoms with van der Waals surface area (Å²) < 4.78 is 10.6. The summed E-state index contributed by atoms with van der Waals surface area (Å²) >= 11 is 11.9. The molecule has 3 rings (SSSR count). The predicted octanol–water partition coefficient (Wildman–Crippen LogP) is 2.93. The number of ether oxygens (including phenoxy) is 1. The van der Waals surface area contributed by atoms with Crippen LogP contribution in [0, 0.1) is 0 Å². The van der Waals surface area contributed by atoms with Crippen molar-refractivity contribution in [3.63, 3.8) is 0 Å². The third-order valence-corrected chi connectivity index (χ3v) is 4.36. The molecule has 2 aromatic rings. The maximum atomic E-state index is 6.32. The van der Waals surface area contributed by atoms with Crippen molar-refractivity contribution in [3.8, 4) is 0 Å². The zero-order valence-electron chi connectivity index (χ0n) is 11.3. The lowest BCUT2D eigenvalue weighted by atomic mass is 9.91. The number of halogens is 2. The Morgan fingerprint density at radius 1 is 1.19 bits per heavy atom. The Labute approximate surface area is 132 Å². The minimum atomic E-state index is -0.582. The van der Waals surface area contributed by atoms with Gasteiger partial charge in [-0.2, -0.15) is 4.98 Å². The second-order valence-corrected chi connectivity index (χ2v) is 6.02. The van der Waals surface area contributed by atoms with E-state index in [1.807, 2.05) is 6.07 Å². The van der Waals surface area contributed by atoms with Gasteiger partial charge in [-0.3, -0.25) is 0 Å². The Bertz CT molecular complexity index is 639. The van der Waals surface area contributed by atoms with E-state index < -0.39 is 5.54 Å². The van der Waals surface area contributed by atoms with Crippen LogP contribution in [0.3, 0.4) is 0 Å². The lowest BCUT2D eigenvalue weighted by Crippen LogP contribution is -2.42. The van der Waals surface area contributed by atoms with Crippen LogP contribution in [0.1, 0.15) is 30.1 Å². The second-order valence-electron chi connectivity index (χ2n) is 5.21. The number of rotatable bonds is 3. The summed E-state index contributed by atoms with van der Waals surface area (Å²) in [6.07, 6.45) is 1.88. The lowest BCUT2D eigenvalue weighted by Gasteiger charge is -2.29. The number of hydrogen-bond acceptors (Lipinski definition) is 5. The van der Waals surface area contributed by atoms with Gasteiger partial charge in [0.2, 0.25) is 5.89 Å². The van der Waals surface area contributed by atoms with Crippen molar-refractivity contribution in [1.82, 2.24) is 10.1 Å². The van der Waals surface area contributed by atoms with Gasteiger partial charge in [0.05, 0.1) is 10.0 Å². The molecule has 1 aromatic carbocycles. The number of benzene rings is 1.